The SMILES string of the molecule is C.Cc1cc2cccnc2o1.Cc1cc2ccncc2o1.Cc1cc2cnccc2o1.Cc1cc2ncccc2o1. The lowest BCUT2D eigenvalue weighted by molar-refractivity contribution is 0.567. The molecule has 0 spiro atoms. The van der Waals surface area contributed by atoms with E-state index < -0.39 is 0 Å². The van der Waals surface area contributed by atoms with E-state index in [4.69, 9.17) is 17.7 Å². The molecule has 8 aromatic rings. The van der Waals surface area contributed by atoms with Crippen LogP contribution in [0.5, 0.6) is 0 Å². The highest BCUT2D eigenvalue weighted by Crippen LogP contribution is 2.17. The Balaban J connectivity index is 0.000000125. The van der Waals surface area contributed by atoms with Crippen LogP contribution in [0, 0.1) is 27.7 Å². The number of aryl methyl sites for hydroxylation is 4. The average molecular weight is 549 g/mol. The van der Waals surface area contributed by atoms with Crippen molar-refractivity contribution in [2.75, 3.05) is 0 Å². The van der Waals surface area contributed by atoms with E-state index in [-0.39, 0.29) is 7.43 Å². The minimum absolute atomic E-state index is 0. The smallest absolute Gasteiger partial charge is 0.226 e. The van der Waals surface area contributed by atoms with E-state index in [1.807, 2.05) is 88.4 Å². The molecule has 0 unspecified atom stereocenters. The van der Waals surface area contributed by atoms with Crippen molar-refractivity contribution in [2.24, 2.45) is 0 Å². The number of hydrogen-bond acceptors (Lipinski definition) is 8. The highest BCUT2D eigenvalue weighted by atomic mass is 16.3. The van der Waals surface area contributed by atoms with Gasteiger partial charge in [0.2, 0.25) is 5.71 Å². The highest BCUT2D eigenvalue weighted by molar-refractivity contribution is 5.77. The zero-order valence-electron chi connectivity index (χ0n) is 22.7. The fraction of sp³-hybridized carbons (Fsp3) is 0.152. The molecule has 0 saturated heterocycles. The average Bonchev–Trinajstić information content (AvgIpc) is 3.71. The summed E-state index contributed by atoms with van der Waals surface area (Å²) in [5.41, 5.74) is 4.28. The Kier molecular flexibility index (Phi) is 9.27. The van der Waals surface area contributed by atoms with Gasteiger partial charge in [-0.1, -0.05) is 7.43 Å². The van der Waals surface area contributed by atoms with Crippen molar-refractivity contribution in [2.45, 2.75) is 35.1 Å². The van der Waals surface area contributed by atoms with E-state index in [1.165, 1.54) is 0 Å². The summed E-state index contributed by atoms with van der Waals surface area (Å²) in [6.45, 7) is 7.70. The summed E-state index contributed by atoms with van der Waals surface area (Å²) in [4.78, 5) is 16.0. The lowest BCUT2D eigenvalue weighted by atomic mass is 10.3. The second kappa shape index (κ2) is 13.2. The molecule has 0 radical (unpaired) electrons. The molecule has 0 aromatic carbocycles. The first-order valence-corrected chi connectivity index (χ1v) is 12.7. The minimum atomic E-state index is 0. The summed E-state index contributed by atoms with van der Waals surface area (Å²) in [5, 5.41) is 3.26. The van der Waals surface area contributed by atoms with E-state index in [2.05, 4.69) is 19.9 Å². The Hall–Kier alpha value is -5.24. The first kappa shape index (κ1) is 28.8. The third-order valence-corrected chi connectivity index (χ3v) is 5.71. The summed E-state index contributed by atoms with van der Waals surface area (Å²) in [6, 6.07) is 19.3. The van der Waals surface area contributed by atoms with Gasteiger partial charge in [0.1, 0.15) is 34.1 Å². The molecule has 0 N–H and O–H groups in total. The van der Waals surface area contributed by atoms with Gasteiger partial charge in [-0.2, -0.15) is 0 Å². The Bertz CT molecular complexity index is 1560. The van der Waals surface area contributed by atoms with E-state index in [0.717, 1.165) is 67.2 Å². The van der Waals surface area contributed by atoms with Crippen LogP contribution in [0.25, 0.3) is 44.1 Å². The lowest BCUT2D eigenvalue weighted by Crippen LogP contribution is -1.66. The molecule has 0 saturated carbocycles. The minimum Gasteiger partial charge on any atom is -0.461 e. The molecule has 0 aliphatic heterocycles. The maximum absolute atomic E-state index is 5.33. The standard InChI is InChI=1S/4C8H7NO.CH4/c1-6-4-7-5-9-3-2-8(7)10-6;1-6-4-7-2-3-9-5-8(7)10-6;1-6-5-7-8(10-6)3-2-4-9-7;1-6-5-7-3-2-4-9-8(7)10-6;/h4*2-5H,1H3;1H4. The Morgan fingerprint density at radius 1 is 0.488 bits per heavy atom. The van der Waals surface area contributed by atoms with Gasteiger partial charge in [-0.05, 0) is 82.3 Å². The van der Waals surface area contributed by atoms with Crippen LogP contribution in [-0.2, 0) is 0 Å². The van der Waals surface area contributed by atoms with Crippen LogP contribution in [0.2, 0.25) is 0 Å². The van der Waals surface area contributed by atoms with Gasteiger partial charge < -0.3 is 17.7 Å². The molecule has 41 heavy (non-hydrogen) atoms. The Morgan fingerprint density at radius 2 is 1.10 bits per heavy atom. The van der Waals surface area contributed by atoms with Crippen molar-refractivity contribution in [3.8, 4) is 0 Å². The molecule has 0 aliphatic rings. The molecule has 8 heteroatoms. The van der Waals surface area contributed by atoms with Crippen molar-refractivity contribution in [3.05, 3.63) is 121 Å². The topological polar surface area (TPSA) is 104 Å². The molecular formula is C33H32N4O4. The van der Waals surface area contributed by atoms with Gasteiger partial charge in [0.05, 0.1) is 6.20 Å². The zero-order valence-corrected chi connectivity index (χ0v) is 22.7. The van der Waals surface area contributed by atoms with Gasteiger partial charge in [0, 0.05) is 53.2 Å². The molecular weight excluding hydrogens is 516 g/mol. The Morgan fingerprint density at radius 3 is 1.85 bits per heavy atom. The summed E-state index contributed by atoms with van der Waals surface area (Å²) in [5.74, 6) is 3.69. The van der Waals surface area contributed by atoms with Crippen molar-refractivity contribution in [3.63, 3.8) is 0 Å². The number of hydrogen-bond donors (Lipinski definition) is 0. The molecule has 0 aliphatic carbocycles. The van der Waals surface area contributed by atoms with Crippen molar-refractivity contribution < 1.29 is 17.7 Å². The summed E-state index contributed by atoms with van der Waals surface area (Å²) in [7, 11) is 0. The summed E-state index contributed by atoms with van der Waals surface area (Å²) < 4.78 is 21.2. The lowest BCUT2D eigenvalue weighted by Gasteiger charge is -1.81. The predicted molar refractivity (Wildman–Crippen MR) is 162 cm³/mol. The molecule has 0 atom stereocenters. The maximum atomic E-state index is 5.33. The molecule has 8 aromatic heterocycles. The monoisotopic (exact) mass is 548 g/mol. The molecule has 0 fully saturated rings. The van der Waals surface area contributed by atoms with E-state index >= 15 is 0 Å². The second-order valence-corrected chi connectivity index (χ2v) is 9.04. The van der Waals surface area contributed by atoms with Crippen LogP contribution in [-0.4, -0.2) is 19.9 Å². The van der Waals surface area contributed by atoms with E-state index in [9.17, 15) is 0 Å². The van der Waals surface area contributed by atoms with Gasteiger partial charge in [-0.3, -0.25) is 15.0 Å². The number of nitrogens with zero attached hydrogens (tertiary/aromatic N) is 4. The molecule has 0 bridgehead atoms. The van der Waals surface area contributed by atoms with E-state index in [1.54, 1.807) is 37.2 Å². The van der Waals surface area contributed by atoms with Gasteiger partial charge in [-0.25, -0.2) is 4.98 Å². The Labute approximate surface area is 237 Å². The molecule has 0 amide bonds. The largest absolute Gasteiger partial charge is 0.461 e. The number of fused-ring (bicyclic) bond motifs is 4. The van der Waals surface area contributed by atoms with Crippen molar-refractivity contribution >= 4 is 44.1 Å². The number of aromatic nitrogens is 4. The van der Waals surface area contributed by atoms with Crippen LogP contribution in [0.4, 0.5) is 0 Å². The van der Waals surface area contributed by atoms with Gasteiger partial charge in [-0.15, -0.1) is 0 Å². The number of pyridine rings is 4. The fourth-order valence-electron chi connectivity index (χ4n) is 4.03. The number of rotatable bonds is 0. The molecule has 208 valence electrons. The normalized spacial score (nSPS) is 10.2. The van der Waals surface area contributed by atoms with Gasteiger partial charge in [0.25, 0.3) is 0 Å². The van der Waals surface area contributed by atoms with Crippen molar-refractivity contribution in [1.82, 2.24) is 19.9 Å². The molecule has 8 rings (SSSR count). The first-order valence-electron chi connectivity index (χ1n) is 12.7. The predicted octanol–water partition coefficient (Wildman–Crippen LogP) is 9.18. The molecule has 8 nitrogen and oxygen atoms in total. The molecule has 8 heterocycles. The van der Waals surface area contributed by atoms with Crippen LogP contribution < -0.4 is 0 Å². The summed E-state index contributed by atoms with van der Waals surface area (Å²) >= 11 is 0. The first-order chi connectivity index (χ1) is 19.4. The highest BCUT2D eigenvalue weighted by Gasteiger charge is 1.99. The number of furan rings is 4. The van der Waals surface area contributed by atoms with Gasteiger partial charge >= 0.3 is 0 Å². The second-order valence-electron chi connectivity index (χ2n) is 9.04. The quantitative estimate of drug-likeness (QED) is 0.185. The van der Waals surface area contributed by atoms with Crippen LogP contribution in [0.1, 0.15) is 30.5 Å². The van der Waals surface area contributed by atoms with Crippen LogP contribution in [0.15, 0.2) is 116 Å². The third-order valence-electron chi connectivity index (χ3n) is 5.71. The van der Waals surface area contributed by atoms with Gasteiger partial charge in [0.15, 0.2) is 11.2 Å². The van der Waals surface area contributed by atoms with Crippen LogP contribution in [0.3, 0.4) is 0 Å². The third kappa shape index (κ3) is 7.45. The zero-order chi connectivity index (χ0) is 27.9. The van der Waals surface area contributed by atoms with E-state index in [0.29, 0.717) is 0 Å². The maximum Gasteiger partial charge on any atom is 0.226 e. The van der Waals surface area contributed by atoms with Crippen LogP contribution >= 0.6 is 0 Å². The van der Waals surface area contributed by atoms with Crippen molar-refractivity contribution in [1.29, 1.82) is 0 Å². The summed E-state index contributed by atoms with van der Waals surface area (Å²) in [6.07, 6.45) is 10.5. The fourth-order valence-corrected chi connectivity index (χ4v) is 4.03.